The van der Waals surface area contributed by atoms with Crippen molar-refractivity contribution < 1.29 is 0 Å². The Balaban J connectivity index is 2.30. The zero-order chi connectivity index (χ0) is 12.3. The predicted molar refractivity (Wildman–Crippen MR) is 72.9 cm³/mol. The summed E-state index contributed by atoms with van der Waals surface area (Å²) < 4.78 is 1.05. The third-order valence-electron chi connectivity index (χ3n) is 2.13. The first-order valence-electron chi connectivity index (χ1n) is 5.16. The van der Waals surface area contributed by atoms with Crippen LogP contribution in [0.5, 0.6) is 0 Å². The van der Waals surface area contributed by atoms with Crippen molar-refractivity contribution in [3.05, 3.63) is 46.2 Å². The van der Waals surface area contributed by atoms with Crippen LogP contribution in [-0.2, 0) is 6.54 Å². The first-order chi connectivity index (χ1) is 8.19. The summed E-state index contributed by atoms with van der Waals surface area (Å²) in [6, 6.07) is 9.91. The van der Waals surface area contributed by atoms with Crippen molar-refractivity contribution in [3.8, 4) is 0 Å². The van der Waals surface area contributed by atoms with E-state index < -0.39 is 0 Å². The Hall–Kier alpha value is -0.910. The molecular formula is C12H12BrN3S. The summed E-state index contributed by atoms with van der Waals surface area (Å²) in [7, 11) is 0. The molecule has 5 heteroatoms. The van der Waals surface area contributed by atoms with Gasteiger partial charge >= 0.3 is 0 Å². The Morgan fingerprint density at radius 2 is 2.06 bits per heavy atom. The van der Waals surface area contributed by atoms with Gasteiger partial charge in [0, 0.05) is 21.6 Å². The molecule has 0 aliphatic heterocycles. The fourth-order valence-corrected chi connectivity index (χ4v) is 2.77. The smallest absolute Gasteiger partial charge is 0.192 e. The van der Waals surface area contributed by atoms with Crippen LogP contribution in [-0.4, -0.2) is 9.97 Å². The van der Waals surface area contributed by atoms with Gasteiger partial charge in [-0.1, -0.05) is 12.1 Å². The van der Waals surface area contributed by atoms with Crippen molar-refractivity contribution in [1.82, 2.24) is 9.97 Å². The Kier molecular flexibility index (Phi) is 4.15. The number of nitrogens with zero attached hydrogens (tertiary/aromatic N) is 2. The van der Waals surface area contributed by atoms with Crippen LogP contribution in [0.3, 0.4) is 0 Å². The van der Waals surface area contributed by atoms with Gasteiger partial charge in [0.05, 0.1) is 5.69 Å². The van der Waals surface area contributed by atoms with E-state index in [1.807, 2.05) is 37.3 Å². The van der Waals surface area contributed by atoms with Gasteiger partial charge in [-0.2, -0.15) is 0 Å². The normalized spacial score (nSPS) is 10.5. The molecule has 0 unspecified atom stereocenters. The number of rotatable bonds is 3. The van der Waals surface area contributed by atoms with Gasteiger partial charge in [0.25, 0.3) is 0 Å². The number of benzene rings is 1. The van der Waals surface area contributed by atoms with E-state index in [2.05, 4.69) is 25.9 Å². The van der Waals surface area contributed by atoms with E-state index in [4.69, 9.17) is 5.73 Å². The summed E-state index contributed by atoms with van der Waals surface area (Å²) in [6.07, 6.45) is 0. The second kappa shape index (κ2) is 5.62. The Labute approximate surface area is 113 Å². The summed E-state index contributed by atoms with van der Waals surface area (Å²) in [6.45, 7) is 2.39. The lowest BCUT2D eigenvalue weighted by Gasteiger charge is -2.05. The second-order valence-electron chi connectivity index (χ2n) is 3.52. The average Bonchev–Trinajstić information content (AvgIpc) is 2.31. The van der Waals surface area contributed by atoms with Gasteiger partial charge in [0.2, 0.25) is 0 Å². The maximum absolute atomic E-state index is 5.60. The predicted octanol–water partition coefficient (Wildman–Crippen LogP) is 3.16. The van der Waals surface area contributed by atoms with Crippen LogP contribution in [0.15, 0.2) is 44.9 Å². The molecule has 0 spiro atoms. The van der Waals surface area contributed by atoms with E-state index in [0.717, 1.165) is 25.9 Å². The third kappa shape index (κ3) is 3.28. The second-order valence-corrected chi connectivity index (χ2v) is 5.38. The highest BCUT2D eigenvalue weighted by Gasteiger charge is 2.06. The number of aromatic nitrogens is 2. The molecular weight excluding hydrogens is 298 g/mol. The van der Waals surface area contributed by atoms with Crippen LogP contribution >= 0.6 is 27.7 Å². The number of aryl methyl sites for hydroxylation is 1. The minimum absolute atomic E-state index is 0.437. The minimum Gasteiger partial charge on any atom is -0.325 e. The SMILES string of the molecule is Cc1cc(CN)nc(Sc2ccccc2Br)n1. The molecule has 0 atom stereocenters. The molecule has 1 heterocycles. The first kappa shape index (κ1) is 12.5. The van der Waals surface area contributed by atoms with Gasteiger partial charge in [-0.3, -0.25) is 0 Å². The molecule has 0 aliphatic carbocycles. The highest BCUT2D eigenvalue weighted by Crippen LogP contribution is 2.31. The first-order valence-corrected chi connectivity index (χ1v) is 6.77. The molecule has 88 valence electrons. The molecule has 2 N–H and O–H groups in total. The van der Waals surface area contributed by atoms with Gasteiger partial charge in [-0.05, 0) is 52.8 Å². The summed E-state index contributed by atoms with van der Waals surface area (Å²) in [4.78, 5) is 9.89. The monoisotopic (exact) mass is 309 g/mol. The van der Waals surface area contributed by atoms with Crippen LogP contribution < -0.4 is 5.73 Å². The largest absolute Gasteiger partial charge is 0.325 e. The highest BCUT2D eigenvalue weighted by molar-refractivity contribution is 9.10. The van der Waals surface area contributed by atoms with E-state index in [0.29, 0.717) is 6.54 Å². The van der Waals surface area contributed by atoms with E-state index >= 15 is 0 Å². The molecule has 17 heavy (non-hydrogen) atoms. The average molecular weight is 310 g/mol. The number of hydrogen-bond donors (Lipinski definition) is 1. The number of halogens is 1. The zero-order valence-electron chi connectivity index (χ0n) is 9.35. The van der Waals surface area contributed by atoms with Crippen LogP contribution in [0, 0.1) is 6.92 Å². The molecule has 0 saturated carbocycles. The van der Waals surface area contributed by atoms with Crippen molar-refractivity contribution >= 4 is 27.7 Å². The molecule has 0 saturated heterocycles. The van der Waals surface area contributed by atoms with Crippen LogP contribution in [0.4, 0.5) is 0 Å². The molecule has 1 aromatic heterocycles. The molecule has 3 nitrogen and oxygen atoms in total. The zero-order valence-corrected chi connectivity index (χ0v) is 11.8. The third-order valence-corrected chi connectivity index (χ3v) is 4.03. The molecule has 0 bridgehead atoms. The summed E-state index contributed by atoms with van der Waals surface area (Å²) >= 11 is 5.04. The molecule has 0 aliphatic rings. The van der Waals surface area contributed by atoms with Crippen LogP contribution in [0.25, 0.3) is 0 Å². The van der Waals surface area contributed by atoms with Crippen LogP contribution in [0.1, 0.15) is 11.4 Å². The van der Waals surface area contributed by atoms with Gasteiger partial charge in [0.15, 0.2) is 5.16 Å². The molecule has 2 rings (SSSR count). The van der Waals surface area contributed by atoms with Gasteiger partial charge in [0.1, 0.15) is 0 Å². The highest BCUT2D eigenvalue weighted by atomic mass is 79.9. The Morgan fingerprint density at radius 3 is 2.76 bits per heavy atom. The summed E-state index contributed by atoms with van der Waals surface area (Å²) in [5.41, 5.74) is 7.41. The molecule has 1 aromatic carbocycles. The molecule has 0 amide bonds. The molecule has 0 fully saturated rings. The Morgan fingerprint density at radius 1 is 1.29 bits per heavy atom. The molecule has 0 radical (unpaired) electrons. The van der Waals surface area contributed by atoms with Crippen molar-refractivity contribution in [2.24, 2.45) is 5.73 Å². The van der Waals surface area contributed by atoms with E-state index in [9.17, 15) is 0 Å². The van der Waals surface area contributed by atoms with E-state index in [1.165, 1.54) is 11.8 Å². The number of nitrogens with two attached hydrogens (primary N) is 1. The van der Waals surface area contributed by atoms with Crippen molar-refractivity contribution in [1.29, 1.82) is 0 Å². The van der Waals surface area contributed by atoms with Gasteiger partial charge in [-0.15, -0.1) is 0 Å². The minimum atomic E-state index is 0.437. The standard InChI is InChI=1S/C12H12BrN3S/c1-8-6-9(7-14)16-12(15-8)17-11-5-3-2-4-10(11)13/h2-6H,7,14H2,1H3. The van der Waals surface area contributed by atoms with E-state index in [1.54, 1.807) is 0 Å². The van der Waals surface area contributed by atoms with E-state index in [-0.39, 0.29) is 0 Å². The topological polar surface area (TPSA) is 51.8 Å². The van der Waals surface area contributed by atoms with Gasteiger partial charge < -0.3 is 5.73 Å². The number of hydrogen-bond acceptors (Lipinski definition) is 4. The van der Waals surface area contributed by atoms with Crippen molar-refractivity contribution in [3.63, 3.8) is 0 Å². The Bertz CT molecular complexity index is 531. The van der Waals surface area contributed by atoms with Crippen molar-refractivity contribution in [2.45, 2.75) is 23.5 Å². The quantitative estimate of drug-likeness (QED) is 0.885. The molecule has 2 aromatic rings. The lowest BCUT2D eigenvalue weighted by molar-refractivity contribution is 0.854. The lowest BCUT2D eigenvalue weighted by atomic mass is 10.3. The summed E-state index contributed by atoms with van der Waals surface area (Å²) in [5, 5.41) is 0.734. The van der Waals surface area contributed by atoms with Crippen molar-refractivity contribution in [2.75, 3.05) is 0 Å². The maximum atomic E-state index is 5.60. The summed E-state index contributed by atoms with van der Waals surface area (Å²) in [5.74, 6) is 0. The lowest BCUT2D eigenvalue weighted by Crippen LogP contribution is -2.02. The van der Waals surface area contributed by atoms with Crippen LogP contribution in [0.2, 0.25) is 0 Å². The van der Waals surface area contributed by atoms with Gasteiger partial charge in [-0.25, -0.2) is 9.97 Å². The fourth-order valence-electron chi connectivity index (χ4n) is 1.38. The fraction of sp³-hybridized carbons (Fsp3) is 0.167. The maximum Gasteiger partial charge on any atom is 0.192 e.